The highest BCUT2D eigenvalue weighted by Gasteiger charge is 2.08. The Hall–Kier alpha value is -1.81. The van der Waals surface area contributed by atoms with Crippen LogP contribution in [0, 0.1) is 0 Å². The lowest BCUT2D eigenvalue weighted by Crippen LogP contribution is -2.19. The fraction of sp³-hybridized carbons (Fsp3) is 0.471. The van der Waals surface area contributed by atoms with Crippen LogP contribution in [0.15, 0.2) is 36.7 Å². The molecular formula is C17H25N3O. The number of aromatic nitrogens is 2. The smallest absolute Gasteiger partial charge is 0.165 e. The highest BCUT2D eigenvalue weighted by molar-refractivity contribution is 5.32. The van der Waals surface area contributed by atoms with Gasteiger partial charge in [0, 0.05) is 12.1 Å². The average molecular weight is 287 g/mol. The fourth-order valence-electron chi connectivity index (χ4n) is 2.30. The average Bonchev–Trinajstić information content (AvgIpc) is 2.94. The first-order valence-corrected chi connectivity index (χ1v) is 7.69. The van der Waals surface area contributed by atoms with Crippen LogP contribution >= 0.6 is 0 Å². The van der Waals surface area contributed by atoms with Crippen molar-refractivity contribution in [2.24, 2.45) is 0 Å². The zero-order chi connectivity index (χ0) is 15.2. The Balaban J connectivity index is 2.04. The molecule has 2 aromatic rings. The molecule has 4 heteroatoms. The number of ether oxygens (including phenoxy) is 1. The van der Waals surface area contributed by atoms with Gasteiger partial charge < -0.3 is 10.1 Å². The van der Waals surface area contributed by atoms with Crippen LogP contribution in [-0.4, -0.2) is 16.3 Å². The predicted octanol–water partition coefficient (Wildman–Crippen LogP) is 4.32. The van der Waals surface area contributed by atoms with Crippen molar-refractivity contribution in [3.63, 3.8) is 0 Å². The van der Waals surface area contributed by atoms with E-state index in [-0.39, 0.29) is 0 Å². The Morgan fingerprint density at radius 3 is 2.38 bits per heavy atom. The Kier molecular flexibility index (Phi) is 5.39. The molecule has 1 heterocycles. The van der Waals surface area contributed by atoms with E-state index in [1.54, 1.807) is 6.20 Å². The molecule has 2 rings (SSSR count). The zero-order valence-corrected chi connectivity index (χ0v) is 13.3. The van der Waals surface area contributed by atoms with Crippen molar-refractivity contribution in [3.8, 4) is 11.5 Å². The van der Waals surface area contributed by atoms with Gasteiger partial charge in [-0.2, -0.15) is 5.10 Å². The van der Waals surface area contributed by atoms with Crippen molar-refractivity contribution >= 4 is 0 Å². The second-order valence-corrected chi connectivity index (χ2v) is 5.44. The van der Waals surface area contributed by atoms with E-state index in [2.05, 4.69) is 50.2 Å². The highest BCUT2D eigenvalue weighted by Crippen LogP contribution is 2.24. The van der Waals surface area contributed by atoms with Gasteiger partial charge in [0.05, 0.1) is 12.4 Å². The first-order chi connectivity index (χ1) is 10.1. The molecule has 1 atom stereocenters. The molecule has 1 N–H and O–H groups in total. The molecule has 1 unspecified atom stereocenters. The number of nitrogens with zero attached hydrogens (tertiary/aromatic N) is 2. The molecule has 0 aliphatic rings. The van der Waals surface area contributed by atoms with Gasteiger partial charge in [-0.3, -0.25) is 4.68 Å². The van der Waals surface area contributed by atoms with Crippen molar-refractivity contribution in [1.29, 1.82) is 0 Å². The minimum absolute atomic E-state index is 0.343. The summed E-state index contributed by atoms with van der Waals surface area (Å²) in [6.07, 6.45) is 4.75. The van der Waals surface area contributed by atoms with Crippen molar-refractivity contribution in [1.82, 2.24) is 15.1 Å². The number of hydrogen-bond donors (Lipinski definition) is 1. The lowest BCUT2D eigenvalue weighted by atomic mass is 10.0. The fourth-order valence-corrected chi connectivity index (χ4v) is 2.30. The van der Waals surface area contributed by atoms with Gasteiger partial charge in [0.25, 0.3) is 0 Å². The van der Waals surface area contributed by atoms with Gasteiger partial charge in [-0.05, 0) is 44.5 Å². The van der Waals surface area contributed by atoms with Gasteiger partial charge in [-0.1, -0.05) is 26.0 Å². The summed E-state index contributed by atoms with van der Waals surface area (Å²) in [4.78, 5) is 0. The molecule has 0 radical (unpaired) electrons. The molecule has 1 aromatic heterocycles. The monoisotopic (exact) mass is 287 g/mol. The minimum atomic E-state index is 0.343. The van der Waals surface area contributed by atoms with Crippen LogP contribution < -0.4 is 10.1 Å². The lowest BCUT2D eigenvalue weighted by Gasteiger charge is -2.16. The molecule has 0 amide bonds. The van der Waals surface area contributed by atoms with E-state index >= 15 is 0 Å². The summed E-state index contributed by atoms with van der Waals surface area (Å²) in [6, 6.07) is 9.03. The van der Waals surface area contributed by atoms with Gasteiger partial charge in [0.1, 0.15) is 5.75 Å². The summed E-state index contributed by atoms with van der Waals surface area (Å²) in [6.45, 7) is 9.49. The standard InChI is InChI=1S/C17H25N3O/c1-5-17(18-6-2)14-7-9-15(10-8-14)21-16-11-19-20(12-16)13(3)4/h7-13,17-18H,5-6H2,1-4H3. The summed E-state index contributed by atoms with van der Waals surface area (Å²) >= 11 is 0. The van der Waals surface area contributed by atoms with E-state index in [4.69, 9.17) is 4.74 Å². The molecule has 0 saturated carbocycles. The number of hydrogen-bond acceptors (Lipinski definition) is 3. The third-order valence-electron chi connectivity index (χ3n) is 3.48. The summed E-state index contributed by atoms with van der Waals surface area (Å²) in [5.41, 5.74) is 1.30. The first-order valence-electron chi connectivity index (χ1n) is 7.69. The third kappa shape index (κ3) is 4.08. The molecule has 21 heavy (non-hydrogen) atoms. The van der Waals surface area contributed by atoms with Crippen molar-refractivity contribution < 1.29 is 4.74 Å². The van der Waals surface area contributed by atoms with E-state index in [9.17, 15) is 0 Å². The molecule has 0 fully saturated rings. The Bertz CT molecular complexity index is 545. The molecule has 0 saturated heterocycles. The summed E-state index contributed by atoms with van der Waals surface area (Å²) in [7, 11) is 0. The molecule has 1 aromatic carbocycles. The van der Waals surface area contributed by atoms with Crippen LogP contribution in [0.25, 0.3) is 0 Å². The Morgan fingerprint density at radius 2 is 1.86 bits per heavy atom. The van der Waals surface area contributed by atoms with Crippen molar-refractivity contribution in [2.75, 3.05) is 6.54 Å². The zero-order valence-electron chi connectivity index (χ0n) is 13.3. The van der Waals surface area contributed by atoms with Gasteiger partial charge in [-0.25, -0.2) is 0 Å². The Labute approximate surface area is 127 Å². The van der Waals surface area contributed by atoms with Crippen molar-refractivity contribution in [3.05, 3.63) is 42.2 Å². The van der Waals surface area contributed by atoms with Gasteiger partial charge in [0.15, 0.2) is 5.75 Å². The number of benzene rings is 1. The highest BCUT2D eigenvalue weighted by atomic mass is 16.5. The van der Waals surface area contributed by atoms with Crippen LogP contribution in [0.4, 0.5) is 0 Å². The molecule has 0 spiro atoms. The third-order valence-corrected chi connectivity index (χ3v) is 3.48. The molecule has 114 valence electrons. The molecule has 0 aliphatic heterocycles. The molecular weight excluding hydrogens is 262 g/mol. The minimum Gasteiger partial charge on any atom is -0.454 e. The predicted molar refractivity (Wildman–Crippen MR) is 85.8 cm³/mol. The van der Waals surface area contributed by atoms with Gasteiger partial charge in [-0.15, -0.1) is 0 Å². The summed E-state index contributed by atoms with van der Waals surface area (Å²) < 4.78 is 7.72. The van der Waals surface area contributed by atoms with E-state index < -0.39 is 0 Å². The summed E-state index contributed by atoms with van der Waals surface area (Å²) in [5, 5.41) is 7.76. The normalized spacial score (nSPS) is 12.6. The van der Waals surface area contributed by atoms with Gasteiger partial charge >= 0.3 is 0 Å². The quantitative estimate of drug-likeness (QED) is 0.824. The second kappa shape index (κ2) is 7.27. The maximum atomic E-state index is 5.83. The summed E-state index contributed by atoms with van der Waals surface area (Å²) in [5.74, 6) is 1.61. The van der Waals surface area contributed by atoms with Crippen LogP contribution in [0.1, 0.15) is 51.8 Å². The molecule has 0 bridgehead atoms. The van der Waals surface area contributed by atoms with Crippen LogP contribution in [-0.2, 0) is 0 Å². The number of rotatable bonds is 7. The van der Waals surface area contributed by atoms with Crippen LogP contribution in [0.3, 0.4) is 0 Å². The van der Waals surface area contributed by atoms with E-state index in [0.717, 1.165) is 24.5 Å². The maximum Gasteiger partial charge on any atom is 0.165 e. The number of nitrogens with one attached hydrogen (secondary N) is 1. The van der Waals surface area contributed by atoms with E-state index in [0.29, 0.717) is 12.1 Å². The van der Waals surface area contributed by atoms with Crippen molar-refractivity contribution in [2.45, 2.75) is 46.2 Å². The van der Waals surface area contributed by atoms with Crippen LogP contribution in [0.5, 0.6) is 11.5 Å². The largest absolute Gasteiger partial charge is 0.454 e. The molecule has 0 aliphatic carbocycles. The van der Waals surface area contributed by atoms with E-state index in [1.165, 1.54) is 5.56 Å². The van der Waals surface area contributed by atoms with Crippen LogP contribution in [0.2, 0.25) is 0 Å². The van der Waals surface area contributed by atoms with Gasteiger partial charge in [0.2, 0.25) is 0 Å². The first kappa shape index (κ1) is 15.6. The topological polar surface area (TPSA) is 39.1 Å². The lowest BCUT2D eigenvalue weighted by molar-refractivity contribution is 0.475. The maximum absolute atomic E-state index is 5.83. The SMILES string of the molecule is CCNC(CC)c1ccc(Oc2cnn(C(C)C)c2)cc1. The van der Waals surface area contributed by atoms with E-state index in [1.807, 2.05) is 23.0 Å². The Morgan fingerprint density at radius 1 is 1.14 bits per heavy atom. The molecule has 4 nitrogen and oxygen atoms in total. The second-order valence-electron chi connectivity index (χ2n) is 5.44.